The Labute approximate surface area is 145 Å². The predicted molar refractivity (Wildman–Crippen MR) is 94.8 cm³/mol. The van der Waals surface area contributed by atoms with Crippen LogP contribution < -0.4 is 4.72 Å². The zero-order chi connectivity index (χ0) is 17.2. The van der Waals surface area contributed by atoms with Gasteiger partial charge in [0.05, 0.1) is 11.4 Å². The van der Waals surface area contributed by atoms with E-state index in [0.29, 0.717) is 11.6 Å². The summed E-state index contributed by atoms with van der Waals surface area (Å²) >= 11 is 5.78. The van der Waals surface area contributed by atoms with Gasteiger partial charge >= 0.3 is 0 Å². The van der Waals surface area contributed by atoms with Crippen LogP contribution in [0.3, 0.4) is 0 Å². The topological polar surface area (TPSA) is 64.0 Å². The minimum Gasteiger partial charge on any atom is -0.266 e. The molecule has 24 heavy (non-hydrogen) atoms. The van der Waals surface area contributed by atoms with E-state index in [1.54, 1.807) is 16.9 Å². The third kappa shape index (κ3) is 3.96. The SMILES string of the molecule is Cc1cccc(Cn2ccc(NS(=O)(=O)c3ccc(Cl)cc3)n2)c1. The van der Waals surface area contributed by atoms with E-state index in [1.807, 2.05) is 25.1 Å². The Kier molecular flexibility index (Phi) is 4.59. The van der Waals surface area contributed by atoms with Gasteiger partial charge in [0.2, 0.25) is 0 Å². The van der Waals surface area contributed by atoms with Gasteiger partial charge in [-0.3, -0.25) is 9.40 Å². The van der Waals surface area contributed by atoms with E-state index in [1.165, 1.54) is 29.8 Å². The number of nitrogens with one attached hydrogen (secondary N) is 1. The van der Waals surface area contributed by atoms with Crippen molar-refractivity contribution in [3.05, 3.63) is 76.9 Å². The van der Waals surface area contributed by atoms with Gasteiger partial charge in [-0.15, -0.1) is 0 Å². The molecule has 0 radical (unpaired) electrons. The van der Waals surface area contributed by atoms with Crippen LogP contribution in [0, 0.1) is 6.92 Å². The Morgan fingerprint density at radius 3 is 2.58 bits per heavy atom. The van der Waals surface area contributed by atoms with Crippen molar-refractivity contribution in [3.8, 4) is 0 Å². The monoisotopic (exact) mass is 361 g/mol. The summed E-state index contributed by atoms with van der Waals surface area (Å²) in [5.74, 6) is 0.276. The van der Waals surface area contributed by atoms with E-state index < -0.39 is 10.0 Å². The molecule has 0 aliphatic heterocycles. The molecule has 0 atom stereocenters. The van der Waals surface area contributed by atoms with Crippen LogP contribution in [-0.2, 0) is 16.6 Å². The fourth-order valence-electron chi connectivity index (χ4n) is 2.31. The molecule has 0 aliphatic carbocycles. The maximum absolute atomic E-state index is 12.3. The molecule has 124 valence electrons. The number of hydrogen-bond donors (Lipinski definition) is 1. The lowest BCUT2D eigenvalue weighted by atomic mass is 10.1. The highest BCUT2D eigenvalue weighted by molar-refractivity contribution is 7.92. The van der Waals surface area contributed by atoms with Gasteiger partial charge in [-0.05, 0) is 36.8 Å². The van der Waals surface area contributed by atoms with Gasteiger partial charge in [-0.25, -0.2) is 8.42 Å². The molecule has 0 spiro atoms. The molecule has 7 heteroatoms. The molecule has 1 heterocycles. The number of sulfonamides is 1. The lowest BCUT2D eigenvalue weighted by Gasteiger charge is -2.06. The Balaban J connectivity index is 1.75. The van der Waals surface area contributed by atoms with Crippen LogP contribution in [0.15, 0.2) is 65.7 Å². The summed E-state index contributed by atoms with van der Waals surface area (Å²) in [5, 5.41) is 4.75. The lowest BCUT2D eigenvalue weighted by molar-refractivity contribution is 0.600. The zero-order valence-electron chi connectivity index (χ0n) is 13.0. The molecule has 0 saturated heterocycles. The van der Waals surface area contributed by atoms with Crippen LogP contribution in [-0.4, -0.2) is 18.2 Å². The first-order valence-electron chi connectivity index (χ1n) is 7.30. The molecule has 1 N–H and O–H groups in total. The van der Waals surface area contributed by atoms with E-state index in [9.17, 15) is 8.42 Å². The number of nitrogens with zero attached hydrogens (tertiary/aromatic N) is 2. The molecule has 0 amide bonds. The third-order valence-corrected chi connectivity index (χ3v) is 5.05. The van der Waals surface area contributed by atoms with Gasteiger partial charge < -0.3 is 0 Å². The van der Waals surface area contributed by atoms with E-state index in [2.05, 4.69) is 15.9 Å². The van der Waals surface area contributed by atoms with Crippen molar-refractivity contribution in [1.82, 2.24) is 9.78 Å². The molecule has 0 bridgehead atoms. The van der Waals surface area contributed by atoms with E-state index in [-0.39, 0.29) is 10.7 Å². The van der Waals surface area contributed by atoms with Crippen LogP contribution in [0.2, 0.25) is 5.02 Å². The average Bonchev–Trinajstić information content (AvgIpc) is 2.94. The first-order chi connectivity index (χ1) is 11.4. The van der Waals surface area contributed by atoms with Crippen molar-refractivity contribution < 1.29 is 8.42 Å². The van der Waals surface area contributed by atoms with E-state index in [0.717, 1.165) is 5.56 Å². The van der Waals surface area contributed by atoms with Crippen molar-refractivity contribution in [2.24, 2.45) is 0 Å². The van der Waals surface area contributed by atoms with Crippen molar-refractivity contribution in [2.45, 2.75) is 18.4 Å². The highest BCUT2D eigenvalue weighted by Gasteiger charge is 2.15. The number of hydrogen-bond acceptors (Lipinski definition) is 3. The average molecular weight is 362 g/mol. The Hall–Kier alpha value is -2.31. The maximum atomic E-state index is 12.3. The van der Waals surface area contributed by atoms with Crippen molar-refractivity contribution in [1.29, 1.82) is 0 Å². The molecule has 1 aromatic heterocycles. The van der Waals surface area contributed by atoms with Crippen LogP contribution in [0.5, 0.6) is 0 Å². The fourth-order valence-corrected chi connectivity index (χ4v) is 3.43. The Morgan fingerprint density at radius 1 is 1.12 bits per heavy atom. The molecule has 2 aromatic carbocycles. The maximum Gasteiger partial charge on any atom is 0.263 e. The van der Waals surface area contributed by atoms with E-state index >= 15 is 0 Å². The number of halogens is 1. The molecular formula is C17H16ClN3O2S. The first-order valence-corrected chi connectivity index (χ1v) is 9.16. The van der Waals surface area contributed by atoms with Crippen LogP contribution in [0.1, 0.15) is 11.1 Å². The summed E-state index contributed by atoms with van der Waals surface area (Å²) in [6.07, 6.45) is 1.74. The summed E-state index contributed by atoms with van der Waals surface area (Å²) in [6.45, 7) is 2.60. The van der Waals surface area contributed by atoms with Crippen molar-refractivity contribution >= 4 is 27.4 Å². The molecule has 0 fully saturated rings. The minimum atomic E-state index is -3.68. The number of rotatable bonds is 5. The van der Waals surface area contributed by atoms with Gasteiger partial charge in [-0.2, -0.15) is 5.10 Å². The number of aromatic nitrogens is 2. The Morgan fingerprint density at radius 2 is 1.88 bits per heavy atom. The van der Waals surface area contributed by atoms with Crippen molar-refractivity contribution in [3.63, 3.8) is 0 Å². The number of anilines is 1. The molecule has 0 aliphatic rings. The molecular weight excluding hydrogens is 346 g/mol. The number of benzene rings is 2. The molecule has 3 rings (SSSR count). The highest BCUT2D eigenvalue weighted by atomic mass is 35.5. The van der Waals surface area contributed by atoms with Gasteiger partial charge in [0.25, 0.3) is 10.0 Å². The summed E-state index contributed by atoms with van der Waals surface area (Å²) in [5.41, 5.74) is 2.27. The zero-order valence-corrected chi connectivity index (χ0v) is 14.6. The van der Waals surface area contributed by atoms with Crippen LogP contribution in [0.25, 0.3) is 0 Å². The van der Waals surface area contributed by atoms with Gasteiger partial charge in [-0.1, -0.05) is 41.4 Å². The van der Waals surface area contributed by atoms with Crippen LogP contribution >= 0.6 is 11.6 Å². The first kappa shape index (κ1) is 16.5. The fraction of sp³-hybridized carbons (Fsp3) is 0.118. The lowest BCUT2D eigenvalue weighted by Crippen LogP contribution is -2.13. The third-order valence-electron chi connectivity index (χ3n) is 3.43. The summed E-state index contributed by atoms with van der Waals surface area (Å²) in [6, 6.07) is 15.7. The second kappa shape index (κ2) is 6.67. The van der Waals surface area contributed by atoms with Gasteiger partial charge in [0.15, 0.2) is 5.82 Å². The summed E-state index contributed by atoms with van der Waals surface area (Å²) in [4.78, 5) is 0.139. The second-order valence-electron chi connectivity index (χ2n) is 5.45. The largest absolute Gasteiger partial charge is 0.266 e. The molecule has 0 saturated carbocycles. The normalized spacial score (nSPS) is 11.4. The quantitative estimate of drug-likeness (QED) is 0.753. The van der Waals surface area contributed by atoms with Gasteiger partial charge in [0.1, 0.15) is 0 Å². The Bertz CT molecular complexity index is 950. The summed E-state index contributed by atoms with van der Waals surface area (Å²) < 4.78 is 28.8. The smallest absolute Gasteiger partial charge is 0.263 e. The molecule has 3 aromatic rings. The van der Waals surface area contributed by atoms with Gasteiger partial charge in [0, 0.05) is 17.3 Å². The van der Waals surface area contributed by atoms with Crippen molar-refractivity contribution in [2.75, 3.05) is 4.72 Å². The van der Waals surface area contributed by atoms with E-state index in [4.69, 9.17) is 11.6 Å². The predicted octanol–water partition coefficient (Wildman–Crippen LogP) is 3.69. The standard InChI is InChI=1S/C17H16ClN3O2S/c1-13-3-2-4-14(11-13)12-21-10-9-17(19-21)20-24(22,23)16-7-5-15(18)6-8-16/h2-11H,12H2,1H3,(H,19,20). The summed E-state index contributed by atoms with van der Waals surface area (Å²) in [7, 11) is -3.68. The van der Waals surface area contributed by atoms with Crippen LogP contribution in [0.4, 0.5) is 5.82 Å². The molecule has 5 nitrogen and oxygen atoms in total. The molecule has 0 unspecified atom stereocenters. The minimum absolute atomic E-state index is 0.139. The number of aryl methyl sites for hydroxylation is 1. The second-order valence-corrected chi connectivity index (χ2v) is 7.57. The highest BCUT2D eigenvalue weighted by Crippen LogP contribution is 2.17.